The van der Waals surface area contributed by atoms with Crippen LogP contribution in [0, 0.1) is 5.41 Å². The van der Waals surface area contributed by atoms with E-state index in [1.165, 1.54) is 4.90 Å². The average molecular weight is 372 g/mol. The summed E-state index contributed by atoms with van der Waals surface area (Å²) in [6.45, 7) is 8.46. The zero-order valence-electron chi connectivity index (χ0n) is 16.5. The highest BCUT2D eigenvalue weighted by atomic mass is 16.5. The molecular weight excluding hydrogens is 344 g/mol. The molecule has 2 aliphatic rings. The molecule has 0 bridgehead atoms. The molecular formula is C21H28N2O4. The van der Waals surface area contributed by atoms with Gasteiger partial charge in [-0.3, -0.25) is 14.4 Å². The molecule has 6 nitrogen and oxygen atoms in total. The average Bonchev–Trinajstić information content (AvgIpc) is 3.34. The molecule has 3 amide bonds. The number of carbonyl (C=O) groups excluding carboxylic acids is 3. The van der Waals surface area contributed by atoms with Gasteiger partial charge in [0.25, 0.3) is 5.91 Å². The summed E-state index contributed by atoms with van der Waals surface area (Å²) < 4.78 is 5.41. The molecule has 1 saturated carbocycles. The maximum Gasteiger partial charge on any atom is 0.257 e. The van der Waals surface area contributed by atoms with Gasteiger partial charge in [0.2, 0.25) is 11.8 Å². The molecule has 146 valence electrons. The van der Waals surface area contributed by atoms with Crippen LogP contribution in [-0.4, -0.2) is 41.3 Å². The van der Waals surface area contributed by atoms with Crippen molar-refractivity contribution in [1.29, 1.82) is 0 Å². The Bertz CT molecular complexity index is 732. The van der Waals surface area contributed by atoms with Crippen LogP contribution in [0.4, 0.5) is 5.69 Å². The minimum absolute atomic E-state index is 0.0373. The summed E-state index contributed by atoms with van der Waals surface area (Å²) >= 11 is 0. The Morgan fingerprint density at radius 2 is 1.81 bits per heavy atom. The van der Waals surface area contributed by atoms with Crippen LogP contribution < -0.4 is 9.64 Å². The fourth-order valence-corrected chi connectivity index (χ4v) is 3.49. The number of benzene rings is 1. The van der Waals surface area contributed by atoms with Crippen molar-refractivity contribution < 1.29 is 19.1 Å². The second kappa shape index (κ2) is 7.33. The number of imide groups is 1. The molecule has 6 heteroatoms. The monoisotopic (exact) mass is 372 g/mol. The molecule has 1 aliphatic heterocycles. The highest BCUT2D eigenvalue weighted by Crippen LogP contribution is 2.36. The van der Waals surface area contributed by atoms with Gasteiger partial charge >= 0.3 is 0 Å². The lowest BCUT2D eigenvalue weighted by molar-refractivity contribution is -0.140. The van der Waals surface area contributed by atoms with Gasteiger partial charge in [-0.1, -0.05) is 20.8 Å². The summed E-state index contributed by atoms with van der Waals surface area (Å²) in [6, 6.07) is 6.31. The van der Waals surface area contributed by atoms with Crippen molar-refractivity contribution in [2.24, 2.45) is 5.41 Å². The van der Waals surface area contributed by atoms with Gasteiger partial charge in [-0.2, -0.15) is 0 Å². The molecule has 1 atom stereocenters. The Kier molecular flexibility index (Phi) is 5.27. The van der Waals surface area contributed by atoms with E-state index in [1.807, 2.05) is 27.7 Å². The van der Waals surface area contributed by atoms with E-state index >= 15 is 0 Å². The van der Waals surface area contributed by atoms with E-state index in [2.05, 4.69) is 0 Å². The summed E-state index contributed by atoms with van der Waals surface area (Å²) in [6.07, 6.45) is 2.22. The molecule has 1 unspecified atom stereocenters. The van der Waals surface area contributed by atoms with E-state index in [0.29, 0.717) is 24.5 Å². The number of ether oxygens (including phenoxy) is 1. The van der Waals surface area contributed by atoms with Crippen molar-refractivity contribution in [2.75, 3.05) is 11.5 Å². The second-order valence-electron chi connectivity index (χ2n) is 8.48. The lowest BCUT2D eigenvalue weighted by Gasteiger charge is -2.30. The number of rotatable bonds is 6. The number of hydrogen-bond donors (Lipinski definition) is 0. The quantitative estimate of drug-likeness (QED) is 0.720. The van der Waals surface area contributed by atoms with Gasteiger partial charge in [0.1, 0.15) is 11.8 Å². The van der Waals surface area contributed by atoms with Gasteiger partial charge < -0.3 is 9.64 Å². The summed E-state index contributed by atoms with van der Waals surface area (Å²) in [5.41, 5.74) is 0.361. The van der Waals surface area contributed by atoms with E-state index in [1.54, 1.807) is 29.2 Å². The SMILES string of the molecule is CCOc1ccc(N2C(=O)CC(N(C(=O)CC(C)(C)C)C3CC3)C2=O)cc1. The molecule has 0 N–H and O–H groups in total. The largest absolute Gasteiger partial charge is 0.494 e. The van der Waals surface area contributed by atoms with Gasteiger partial charge in [-0.15, -0.1) is 0 Å². The van der Waals surface area contributed by atoms with Crippen LogP contribution in [0.15, 0.2) is 24.3 Å². The Labute approximate surface area is 160 Å². The van der Waals surface area contributed by atoms with E-state index in [-0.39, 0.29) is 35.6 Å². The summed E-state index contributed by atoms with van der Waals surface area (Å²) in [5, 5.41) is 0. The Balaban J connectivity index is 1.80. The van der Waals surface area contributed by atoms with Crippen molar-refractivity contribution in [1.82, 2.24) is 4.90 Å². The van der Waals surface area contributed by atoms with Crippen molar-refractivity contribution in [3.63, 3.8) is 0 Å². The highest BCUT2D eigenvalue weighted by Gasteiger charge is 2.48. The van der Waals surface area contributed by atoms with Gasteiger partial charge in [-0.25, -0.2) is 4.90 Å². The standard InChI is InChI=1S/C21H28N2O4/c1-5-27-16-10-8-15(9-11-16)23-18(24)12-17(20(23)26)22(14-6-7-14)19(25)13-21(2,3)4/h8-11,14,17H,5-7,12-13H2,1-4H3. The third-order valence-electron chi connectivity index (χ3n) is 4.77. The zero-order chi connectivity index (χ0) is 19.8. The van der Waals surface area contributed by atoms with E-state index < -0.39 is 6.04 Å². The minimum atomic E-state index is -0.689. The zero-order valence-corrected chi connectivity index (χ0v) is 16.5. The van der Waals surface area contributed by atoms with E-state index in [0.717, 1.165) is 12.8 Å². The third-order valence-corrected chi connectivity index (χ3v) is 4.77. The normalized spacial score (nSPS) is 20.1. The fourth-order valence-electron chi connectivity index (χ4n) is 3.49. The molecule has 0 spiro atoms. The Morgan fingerprint density at radius 3 is 2.33 bits per heavy atom. The van der Waals surface area contributed by atoms with Crippen molar-refractivity contribution in [2.45, 2.75) is 65.5 Å². The van der Waals surface area contributed by atoms with Crippen LogP contribution in [-0.2, 0) is 14.4 Å². The van der Waals surface area contributed by atoms with E-state index in [9.17, 15) is 14.4 Å². The van der Waals surface area contributed by atoms with E-state index in [4.69, 9.17) is 4.74 Å². The molecule has 2 fully saturated rings. The molecule has 1 aromatic rings. The second-order valence-corrected chi connectivity index (χ2v) is 8.48. The number of carbonyl (C=O) groups is 3. The first kappa shape index (κ1) is 19.4. The number of nitrogens with zero attached hydrogens (tertiary/aromatic N) is 2. The molecule has 1 aliphatic carbocycles. The topological polar surface area (TPSA) is 66.9 Å². The summed E-state index contributed by atoms with van der Waals surface area (Å²) in [7, 11) is 0. The van der Waals surface area contributed by atoms with Crippen LogP contribution in [0.5, 0.6) is 5.75 Å². The van der Waals surface area contributed by atoms with Crippen molar-refractivity contribution in [3.05, 3.63) is 24.3 Å². The maximum atomic E-state index is 13.1. The van der Waals surface area contributed by atoms with Gasteiger partial charge in [0, 0.05) is 12.5 Å². The number of hydrogen-bond acceptors (Lipinski definition) is 4. The number of anilines is 1. The smallest absolute Gasteiger partial charge is 0.257 e. The molecule has 1 saturated heterocycles. The lowest BCUT2D eigenvalue weighted by atomic mass is 9.91. The van der Waals surface area contributed by atoms with Gasteiger partial charge in [0.05, 0.1) is 18.7 Å². The van der Waals surface area contributed by atoms with Gasteiger partial charge in [0.15, 0.2) is 0 Å². The predicted molar refractivity (Wildman–Crippen MR) is 102 cm³/mol. The van der Waals surface area contributed by atoms with Gasteiger partial charge in [-0.05, 0) is 49.4 Å². The minimum Gasteiger partial charge on any atom is -0.494 e. The molecule has 0 aromatic heterocycles. The molecule has 0 radical (unpaired) electrons. The third kappa shape index (κ3) is 4.31. The van der Waals surface area contributed by atoms with Crippen LogP contribution in [0.1, 0.15) is 53.4 Å². The maximum absolute atomic E-state index is 13.1. The molecule has 3 rings (SSSR count). The first-order chi connectivity index (χ1) is 12.7. The van der Waals surface area contributed by atoms with Crippen LogP contribution >= 0.6 is 0 Å². The predicted octanol–water partition coefficient (Wildman–Crippen LogP) is 3.14. The summed E-state index contributed by atoms with van der Waals surface area (Å²) in [5.74, 6) is 0.0863. The Morgan fingerprint density at radius 1 is 1.19 bits per heavy atom. The van der Waals surface area contributed by atoms with Crippen molar-refractivity contribution >= 4 is 23.4 Å². The summed E-state index contributed by atoms with van der Waals surface area (Å²) in [4.78, 5) is 41.4. The number of amides is 3. The van der Waals surface area contributed by atoms with Crippen LogP contribution in [0.25, 0.3) is 0 Å². The highest BCUT2D eigenvalue weighted by molar-refractivity contribution is 6.23. The lowest BCUT2D eigenvalue weighted by Crippen LogP contribution is -2.47. The van der Waals surface area contributed by atoms with Crippen molar-refractivity contribution in [3.8, 4) is 5.75 Å². The first-order valence-corrected chi connectivity index (χ1v) is 9.62. The van der Waals surface area contributed by atoms with Crippen LogP contribution in [0.3, 0.4) is 0 Å². The Hall–Kier alpha value is -2.37. The molecule has 1 heterocycles. The molecule has 1 aromatic carbocycles. The van der Waals surface area contributed by atoms with Crippen LogP contribution in [0.2, 0.25) is 0 Å². The fraction of sp³-hybridized carbons (Fsp3) is 0.571. The molecule has 27 heavy (non-hydrogen) atoms. The first-order valence-electron chi connectivity index (χ1n) is 9.62.